The van der Waals surface area contributed by atoms with E-state index in [4.69, 9.17) is 14.9 Å². The molecule has 2 N–H and O–H groups in total. The Balaban J connectivity index is 0.00000161. The molecule has 2 heterocycles. The second-order valence-electron chi connectivity index (χ2n) is 4.42. The minimum atomic E-state index is -0.379. The molecule has 1 aromatic carbocycles. The Hall–Kier alpha value is -2.53. The highest BCUT2D eigenvalue weighted by molar-refractivity contribution is 5.85. The highest BCUT2D eigenvalue weighted by atomic mass is 35.5. The van der Waals surface area contributed by atoms with Gasteiger partial charge in [0.2, 0.25) is 0 Å². The van der Waals surface area contributed by atoms with Crippen molar-refractivity contribution in [1.29, 1.82) is 0 Å². The van der Waals surface area contributed by atoms with Gasteiger partial charge >= 0.3 is 5.63 Å². The summed E-state index contributed by atoms with van der Waals surface area (Å²) in [5.74, 6) is 1.05. The van der Waals surface area contributed by atoms with Gasteiger partial charge in [0.05, 0.1) is 11.9 Å². The van der Waals surface area contributed by atoms with Crippen molar-refractivity contribution in [2.45, 2.75) is 6.92 Å². The number of benzene rings is 1. The number of hydrogen-bond acceptors (Lipinski definition) is 5. The maximum absolute atomic E-state index is 11.4. The monoisotopic (exact) mass is 304 g/mol. The molecule has 0 saturated heterocycles. The van der Waals surface area contributed by atoms with Crippen molar-refractivity contribution in [1.82, 2.24) is 4.98 Å². The Morgan fingerprint density at radius 2 is 2.05 bits per heavy atom. The fraction of sp³-hybridized carbons (Fsp3) is 0.0667. The first-order valence-electron chi connectivity index (χ1n) is 6.05. The molecular weight excluding hydrogens is 292 g/mol. The lowest BCUT2D eigenvalue weighted by Gasteiger charge is -2.08. The molecule has 0 atom stereocenters. The number of hydrogen-bond donors (Lipinski definition) is 1. The van der Waals surface area contributed by atoms with Gasteiger partial charge in [0, 0.05) is 29.8 Å². The molecule has 0 unspecified atom stereocenters. The van der Waals surface area contributed by atoms with Gasteiger partial charge in [-0.05, 0) is 24.6 Å². The molecule has 3 aromatic rings. The minimum Gasteiger partial charge on any atom is -0.455 e. The summed E-state index contributed by atoms with van der Waals surface area (Å²) in [5.41, 5.74) is 7.19. The smallest absolute Gasteiger partial charge is 0.336 e. The van der Waals surface area contributed by atoms with E-state index in [2.05, 4.69) is 4.98 Å². The molecule has 0 bridgehead atoms. The molecule has 0 spiro atoms. The average Bonchev–Trinajstić information content (AvgIpc) is 2.41. The van der Waals surface area contributed by atoms with Gasteiger partial charge in [-0.15, -0.1) is 12.4 Å². The number of ether oxygens (including phenoxy) is 1. The van der Waals surface area contributed by atoms with Gasteiger partial charge < -0.3 is 14.9 Å². The molecule has 21 heavy (non-hydrogen) atoms. The van der Waals surface area contributed by atoms with E-state index in [-0.39, 0.29) is 18.0 Å². The van der Waals surface area contributed by atoms with Gasteiger partial charge in [-0.25, -0.2) is 4.79 Å². The zero-order chi connectivity index (χ0) is 14.1. The van der Waals surface area contributed by atoms with Crippen LogP contribution in [-0.2, 0) is 0 Å². The maximum atomic E-state index is 11.4. The topological polar surface area (TPSA) is 78.3 Å². The summed E-state index contributed by atoms with van der Waals surface area (Å²) in [6.45, 7) is 1.86. The molecule has 0 amide bonds. The van der Waals surface area contributed by atoms with Gasteiger partial charge in [-0.3, -0.25) is 4.98 Å². The third-order valence-corrected chi connectivity index (χ3v) is 2.96. The summed E-state index contributed by atoms with van der Waals surface area (Å²) >= 11 is 0. The summed E-state index contributed by atoms with van der Waals surface area (Å²) < 4.78 is 10.8. The van der Waals surface area contributed by atoms with Crippen LogP contribution in [0.15, 0.2) is 51.9 Å². The number of nitrogens with zero attached hydrogens (tertiary/aromatic N) is 1. The van der Waals surface area contributed by atoms with Crippen LogP contribution >= 0.6 is 12.4 Å². The number of nitrogen functional groups attached to an aromatic ring is 1. The first-order valence-corrected chi connectivity index (χ1v) is 6.05. The van der Waals surface area contributed by atoms with E-state index in [1.54, 1.807) is 24.4 Å². The predicted octanol–water partition coefficient (Wildman–Crippen LogP) is 3.29. The molecule has 6 heteroatoms. The van der Waals surface area contributed by atoms with Crippen LogP contribution < -0.4 is 16.1 Å². The number of fused-ring (bicyclic) bond motifs is 1. The zero-order valence-electron chi connectivity index (χ0n) is 11.2. The van der Waals surface area contributed by atoms with Gasteiger partial charge in [-0.1, -0.05) is 0 Å². The number of nitrogens with two attached hydrogens (primary N) is 1. The Morgan fingerprint density at radius 1 is 1.24 bits per heavy atom. The quantitative estimate of drug-likeness (QED) is 0.735. The lowest BCUT2D eigenvalue weighted by atomic mass is 10.1. The van der Waals surface area contributed by atoms with Crippen LogP contribution in [0.25, 0.3) is 11.0 Å². The van der Waals surface area contributed by atoms with Gasteiger partial charge in [0.25, 0.3) is 0 Å². The van der Waals surface area contributed by atoms with Crippen molar-refractivity contribution in [2.75, 3.05) is 5.73 Å². The largest absolute Gasteiger partial charge is 0.455 e. The molecule has 0 fully saturated rings. The molecule has 2 aromatic heterocycles. The van der Waals surface area contributed by atoms with Crippen molar-refractivity contribution < 1.29 is 9.15 Å². The second-order valence-corrected chi connectivity index (χ2v) is 4.42. The third-order valence-electron chi connectivity index (χ3n) is 2.96. The van der Waals surface area contributed by atoms with Crippen LogP contribution in [0.4, 0.5) is 5.69 Å². The summed E-state index contributed by atoms with van der Waals surface area (Å²) in [6.07, 6.45) is 3.11. The maximum Gasteiger partial charge on any atom is 0.336 e. The highest BCUT2D eigenvalue weighted by Crippen LogP contribution is 2.29. The number of aromatic nitrogens is 1. The number of rotatable bonds is 2. The van der Waals surface area contributed by atoms with Gasteiger partial charge in [0.1, 0.15) is 11.3 Å². The van der Waals surface area contributed by atoms with E-state index in [1.807, 2.05) is 13.0 Å². The molecule has 108 valence electrons. The van der Waals surface area contributed by atoms with Gasteiger partial charge in [-0.2, -0.15) is 0 Å². The van der Waals surface area contributed by atoms with E-state index >= 15 is 0 Å². The Labute approximate surface area is 126 Å². The fourth-order valence-corrected chi connectivity index (χ4v) is 1.98. The molecular formula is C15H13ClN2O3. The van der Waals surface area contributed by atoms with E-state index in [0.717, 1.165) is 10.9 Å². The van der Waals surface area contributed by atoms with Crippen molar-refractivity contribution in [3.8, 4) is 11.5 Å². The normalized spacial score (nSPS) is 10.1. The summed E-state index contributed by atoms with van der Waals surface area (Å²) in [6, 6.07) is 8.45. The molecule has 3 rings (SSSR count). The SMILES string of the molecule is Cc1cc(=O)oc2cc(Oc3ccncc3N)ccc12.Cl. The van der Waals surface area contributed by atoms with E-state index in [1.165, 1.54) is 12.3 Å². The average molecular weight is 305 g/mol. The van der Waals surface area contributed by atoms with E-state index < -0.39 is 0 Å². The summed E-state index contributed by atoms with van der Waals surface area (Å²) in [7, 11) is 0. The van der Waals surface area contributed by atoms with Crippen molar-refractivity contribution in [3.05, 3.63) is 58.7 Å². The van der Waals surface area contributed by atoms with Crippen LogP contribution in [-0.4, -0.2) is 4.98 Å². The molecule has 0 aliphatic carbocycles. The first-order chi connectivity index (χ1) is 9.63. The van der Waals surface area contributed by atoms with Crippen LogP contribution in [0.2, 0.25) is 0 Å². The third kappa shape index (κ3) is 2.98. The lowest BCUT2D eigenvalue weighted by Crippen LogP contribution is -1.98. The molecule has 0 saturated carbocycles. The van der Waals surface area contributed by atoms with E-state index in [9.17, 15) is 4.79 Å². The van der Waals surface area contributed by atoms with Crippen molar-refractivity contribution >= 4 is 29.1 Å². The van der Waals surface area contributed by atoms with Crippen molar-refractivity contribution in [3.63, 3.8) is 0 Å². The Bertz CT molecular complexity index is 846. The van der Waals surface area contributed by atoms with Crippen LogP contribution in [0.1, 0.15) is 5.56 Å². The first kappa shape index (κ1) is 14.9. The van der Waals surface area contributed by atoms with Crippen LogP contribution in [0, 0.1) is 6.92 Å². The summed E-state index contributed by atoms with van der Waals surface area (Å²) in [4.78, 5) is 15.3. The lowest BCUT2D eigenvalue weighted by molar-refractivity contribution is 0.482. The molecule has 0 aliphatic rings. The van der Waals surface area contributed by atoms with Gasteiger partial charge in [0.15, 0.2) is 5.75 Å². The zero-order valence-corrected chi connectivity index (χ0v) is 12.0. The standard InChI is InChI=1S/C15H12N2O3.ClH/c1-9-6-15(18)20-14-7-10(2-3-11(9)14)19-13-4-5-17-8-12(13)16;/h2-8H,16H2,1H3;1H. The Kier molecular flexibility index (Phi) is 4.14. The molecule has 0 aliphatic heterocycles. The fourth-order valence-electron chi connectivity index (χ4n) is 1.98. The minimum absolute atomic E-state index is 0. The summed E-state index contributed by atoms with van der Waals surface area (Å²) in [5, 5.41) is 0.875. The molecule has 0 radical (unpaired) electrons. The predicted molar refractivity (Wildman–Crippen MR) is 83.2 cm³/mol. The van der Waals surface area contributed by atoms with Crippen LogP contribution in [0.5, 0.6) is 11.5 Å². The number of anilines is 1. The van der Waals surface area contributed by atoms with Crippen molar-refractivity contribution in [2.24, 2.45) is 0 Å². The second kappa shape index (κ2) is 5.85. The van der Waals surface area contributed by atoms with Crippen LogP contribution in [0.3, 0.4) is 0 Å². The highest BCUT2D eigenvalue weighted by Gasteiger charge is 2.06. The Morgan fingerprint density at radius 3 is 2.81 bits per heavy atom. The number of aryl methyl sites for hydroxylation is 1. The number of pyridine rings is 1. The van der Waals surface area contributed by atoms with E-state index in [0.29, 0.717) is 22.8 Å². The molecule has 5 nitrogen and oxygen atoms in total. The number of halogens is 1.